The fourth-order valence-electron chi connectivity index (χ4n) is 3.16. The SMILES string of the molecule is COC[C@H]1C(COc2nccc3cc(C(N)=O)c(OC)cc23)NC(=O)C1(F)F. The third kappa shape index (κ3) is 3.42. The Bertz CT molecular complexity index is 921. The van der Waals surface area contributed by atoms with E-state index in [-0.39, 0.29) is 30.4 Å². The molecule has 0 aliphatic carbocycles. The molecule has 0 saturated carbocycles. The average molecular weight is 395 g/mol. The van der Waals surface area contributed by atoms with Crippen molar-refractivity contribution in [3.05, 3.63) is 30.0 Å². The molecule has 10 heteroatoms. The number of halogens is 2. The lowest BCUT2D eigenvalue weighted by Gasteiger charge is -2.21. The molecule has 2 atom stereocenters. The zero-order valence-corrected chi connectivity index (χ0v) is 15.2. The number of aromatic nitrogens is 1. The number of pyridine rings is 1. The number of carbonyl (C=O) groups is 2. The van der Waals surface area contributed by atoms with Gasteiger partial charge >= 0.3 is 5.92 Å². The topological polar surface area (TPSA) is 113 Å². The molecule has 1 aromatic heterocycles. The maximum absolute atomic E-state index is 14.0. The Morgan fingerprint density at radius 2 is 2.07 bits per heavy atom. The minimum atomic E-state index is -3.55. The van der Waals surface area contributed by atoms with Crippen molar-refractivity contribution in [3.8, 4) is 11.6 Å². The number of hydrogen-bond acceptors (Lipinski definition) is 6. The van der Waals surface area contributed by atoms with E-state index in [1.54, 1.807) is 6.07 Å². The van der Waals surface area contributed by atoms with Crippen LogP contribution in [0, 0.1) is 5.92 Å². The van der Waals surface area contributed by atoms with Crippen LogP contribution in [0.2, 0.25) is 0 Å². The van der Waals surface area contributed by atoms with Crippen molar-refractivity contribution in [2.24, 2.45) is 11.7 Å². The summed E-state index contributed by atoms with van der Waals surface area (Å²) in [6, 6.07) is 3.76. The minimum Gasteiger partial charge on any atom is -0.496 e. The molecule has 3 N–H and O–H groups in total. The molecule has 1 unspecified atom stereocenters. The second-order valence-electron chi connectivity index (χ2n) is 6.33. The summed E-state index contributed by atoms with van der Waals surface area (Å²) in [5, 5.41) is 3.35. The number of nitrogens with one attached hydrogen (secondary N) is 1. The van der Waals surface area contributed by atoms with Crippen LogP contribution in [0.3, 0.4) is 0 Å². The number of nitrogens with two attached hydrogens (primary N) is 1. The first-order valence-electron chi connectivity index (χ1n) is 8.36. The Labute approximate surface area is 158 Å². The van der Waals surface area contributed by atoms with E-state index in [0.29, 0.717) is 10.8 Å². The van der Waals surface area contributed by atoms with Crippen LogP contribution < -0.4 is 20.5 Å². The van der Waals surface area contributed by atoms with Gasteiger partial charge in [-0.3, -0.25) is 9.59 Å². The number of methoxy groups -OCH3 is 2. The zero-order valence-electron chi connectivity index (χ0n) is 15.2. The lowest BCUT2D eigenvalue weighted by Crippen LogP contribution is -2.38. The number of benzene rings is 1. The Hall–Kier alpha value is -3.01. The molecule has 2 heterocycles. The van der Waals surface area contributed by atoms with E-state index in [9.17, 15) is 18.4 Å². The van der Waals surface area contributed by atoms with Crippen molar-refractivity contribution >= 4 is 22.6 Å². The van der Waals surface area contributed by atoms with Crippen LogP contribution in [-0.4, -0.2) is 56.2 Å². The van der Waals surface area contributed by atoms with E-state index in [2.05, 4.69) is 10.3 Å². The summed E-state index contributed by atoms with van der Waals surface area (Å²) in [7, 11) is 2.67. The van der Waals surface area contributed by atoms with Gasteiger partial charge in [0.15, 0.2) is 0 Å². The quantitative estimate of drug-likeness (QED) is 0.726. The summed E-state index contributed by atoms with van der Waals surface area (Å²) in [5.74, 6) is -6.55. The first-order chi connectivity index (χ1) is 13.3. The van der Waals surface area contributed by atoms with Crippen molar-refractivity contribution in [3.63, 3.8) is 0 Å². The number of primary amides is 1. The molecule has 8 nitrogen and oxygen atoms in total. The van der Waals surface area contributed by atoms with Crippen LogP contribution in [0.1, 0.15) is 10.4 Å². The van der Waals surface area contributed by atoms with Gasteiger partial charge < -0.3 is 25.3 Å². The molecule has 2 amide bonds. The number of carbonyl (C=O) groups excluding carboxylic acids is 2. The largest absolute Gasteiger partial charge is 0.496 e. The van der Waals surface area contributed by atoms with E-state index < -0.39 is 29.7 Å². The van der Waals surface area contributed by atoms with Gasteiger partial charge in [-0.2, -0.15) is 8.78 Å². The molecular formula is C18H19F2N3O5. The van der Waals surface area contributed by atoms with Gasteiger partial charge in [-0.05, 0) is 23.6 Å². The number of alkyl halides is 2. The predicted octanol–water partition coefficient (Wildman–Crippen LogP) is 1.12. The lowest BCUT2D eigenvalue weighted by molar-refractivity contribution is -0.146. The zero-order chi connectivity index (χ0) is 20.5. The summed E-state index contributed by atoms with van der Waals surface area (Å²) < 4.78 is 43.7. The van der Waals surface area contributed by atoms with Crippen molar-refractivity contribution in [2.75, 3.05) is 27.4 Å². The fraction of sp³-hybridized carbons (Fsp3) is 0.389. The molecule has 0 spiro atoms. The van der Waals surface area contributed by atoms with E-state index in [1.807, 2.05) is 0 Å². The summed E-state index contributed by atoms with van der Waals surface area (Å²) in [4.78, 5) is 27.2. The first-order valence-corrected chi connectivity index (χ1v) is 8.36. The van der Waals surface area contributed by atoms with Crippen LogP contribution in [0.4, 0.5) is 8.78 Å². The van der Waals surface area contributed by atoms with Crippen LogP contribution in [0.15, 0.2) is 24.4 Å². The van der Waals surface area contributed by atoms with E-state index in [1.165, 1.54) is 32.5 Å². The van der Waals surface area contributed by atoms with Gasteiger partial charge in [0.25, 0.3) is 11.8 Å². The normalized spacial score (nSPS) is 20.8. The van der Waals surface area contributed by atoms with Crippen molar-refractivity contribution in [2.45, 2.75) is 12.0 Å². The monoisotopic (exact) mass is 395 g/mol. The summed E-state index contributed by atoms with van der Waals surface area (Å²) in [5.41, 5.74) is 5.54. The van der Waals surface area contributed by atoms with Gasteiger partial charge in [-0.1, -0.05) is 0 Å². The molecule has 1 aliphatic heterocycles. The highest BCUT2D eigenvalue weighted by atomic mass is 19.3. The third-order valence-corrected chi connectivity index (χ3v) is 4.63. The molecule has 1 aliphatic rings. The Balaban J connectivity index is 1.88. The highest BCUT2D eigenvalue weighted by Crippen LogP contribution is 2.35. The molecule has 2 aromatic rings. The summed E-state index contributed by atoms with van der Waals surface area (Å²) in [6.45, 7) is -0.542. The van der Waals surface area contributed by atoms with Crippen LogP contribution in [0.25, 0.3) is 10.8 Å². The molecule has 1 aromatic carbocycles. The van der Waals surface area contributed by atoms with E-state index in [0.717, 1.165) is 0 Å². The van der Waals surface area contributed by atoms with Crippen LogP contribution in [0.5, 0.6) is 11.6 Å². The second kappa shape index (κ2) is 7.55. The number of amides is 2. The van der Waals surface area contributed by atoms with Gasteiger partial charge in [-0.25, -0.2) is 4.98 Å². The molecule has 150 valence electrons. The number of ether oxygens (including phenoxy) is 3. The molecule has 0 radical (unpaired) electrons. The molecule has 1 saturated heterocycles. The average Bonchev–Trinajstić information content (AvgIpc) is 2.88. The fourth-order valence-corrected chi connectivity index (χ4v) is 3.16. The van der Waals surface area contributed by atoms with Gasteiger partial charge in [0.05, 0.1) is 31.2 Å². The third-order valence-electron chi connectivity index (χ3n) is 4.63. The maximum atomic E-state index is 14.0. The van der Waals surface area contributed by atoms with Gasteiger partial charge in [-0.15, -0.1) is 0 Å². The minimum absolute atomic E-state index is 0.146. The van der Waals surface area contributed by atoms with Gasteiger partial charge in [0.1, 0.15) is 12.4 Å². The van der Waals surface area contributed by atoms with E-state index in [4.69, 9.17) is 19.9 Å². The molecule has 3 rings (SSSR count). The Morgan fingerprint density at radius 1 is 1.32 bits per heavy atom. The highest BCUT2D eigenvalue weighted by Gasteiger charge is 2.57. The smallest absolute Gasteiger partial charge is 0.331 e. The van der Waals surface area contributed by atoms with Crippen LogP contribution >= 0.6 is 0 Å². The molecular weight excluding hydrogens is 376 g/mol. The summed E-state index contributed by atoms with van der Waals surface area (Å²) >= 11 is 0. The molecule has 1 fully saturated rings. The van der Waals surface area contributed by atoms with E-state index >= 15 is 0 Å². The number of rotatable bonds is 7. The first kappa shape index (κ1) is 19.7. The highest BCUT2D eigenvalue weighted by molar-refractivity contribution is 6.01. The standard InChI is InChI=1S/C18H19F2N3O5/c1-26-7-12-13(23-17(25)18(12,19)20)8-28-16-10-6-14(27-2)11(15(21)24)5-9(10)3-4-22-16/h3-6,12-13H,7-8H2,1-2H3,(H2,21,24)(H,23,25)/t12-,13?/m0/s1. The Kier molecular flexibility index (Phi) is 5.32. The predicted molar refractivity (Wildman–Crippen MR) is 94.6 cm³/mol. The van der Waals surface area contributed by atoms with Crippen LogP contribution in [-0.2, 0) is 9.53 Å². The number of fused-ring (bicyclic) bond motifs is 1. The van der Waals surface area contributed by atoms with Crippen molar-refractivity contribution in [1.29, 1.82) is 0 Å². The van der Waals surface area contributed by atoms with Gasteiger partial charge in [0, 0.05) is 18.7 Å². The maximum Gasteiger partial charge on any atom is 0.331 e. The molecule has 28 heavy (non-hydrogen) atoms. The second-order valence-corrected chi connectivity index (χ2v) is 6.33. The number of nitrogens with zero attached hydrogens (tertiary/aromatic N) is 1. The molecule has 0 bridgehead atoms. The lowest BCUT2D eigenvalue weighted by atomic mass is 9.99. The summed E-state index contributed by atoms with van der Waals surface area (Å²) in [6.07, 6.45) is 1.45. The van der Waals surface area contributed by atoms with Crippen molar-refractivity contribution < 1.29 is 32.6 Å². The Morgan fingerprint density at radius 3 is 2.71 bits per heavy atom. The van der Waals surface area contributed by atoms with Crippen molar-refractivity contribution in [1.82, 2.24) is 10.3 Å². The van der Waals surface area contributed by atoms with Gasteiger partial charge in [0.2, 0.25) is 5.88 Å². The number of hydrogen-bond donors (Lipinski definition) is 2.